The molecule has 0 bridgehead atoms. The van der Waals surface area contributed by atoms with E-state index in [0.29, 0.717) is 6.54 Å². The Hall–Kier alpha value is -1.20. The van der Waals surface area contributed by atoms with E-state index >= 15 is 0 Å². The van der Waals surface area contributed by atoms with Crippen molar-refractivity contribution in [3.8, 4) is 11.3 Å². The van der Waals surface area contributed by atoms with Crippen LogP contribution in [0.3, 0.4) is 0 Å². The standard InChI is InChI=1S/C12H12BrFN2O/c1-8(17)7-16-12(11(13)6-15-16)9-2-4-10(14)5-3-9/h2-6,8,17H,7H2,1H3. The molecule has 0 aliphatic carbocycles. The first-order valence-corrected chi connectivity index (χ1v) is 6.02. The first-order valence-electron chi connectivity index (χ1n) is 5.23. The van der Waals surface area contributed by atoms with Crippen molar-refractivity contribution in [3.05, 3.63) is 40.8 Å². The van der Waals surface area contributed by atoms with Crippen molar-refractivity contribution in [2.45, 2.75) is 19.6 Å². The Bertz CT molecular complexity index is 508. The van der Waals surface area contributed by atoms with E-state index in [-0.39, 0.29) is 5.82 Å². The molecule has 0 saturated heterocycles. The summed E-state index contributed by atoms with van der Waals surface area (Å²) < 4.78 is 15.4. The van der Waals surface area contributed by atoms with E-state index in [0.717, 1.165) is 15.7 Å². The molecule has 0 saturated carbocycles. The average Bonchev–Trinajstić information content (AvgIpc) is 2.61. The molecule has 0 fully saturated rings. The van der Waals surface area contributed by atoms with Gasteiger partial charge < -0.3 is 5.11 Å². The summed E-state index contributed by atoms with van der Waals surface area (Å²) in [6.45, 7) is 2.10. The van der Waals surface area contributed by atoms with Gasteiger partial charge >= 0.3 is 0 Å². The Morgan fingerprint density at radius 2 is 2.06 bits per heavy atom. The van der Waals surface area contributed by atoms with E-state index in [1.807, 2.05) is 0 Å². The van der Waals surface area contributed by atoms with Gasteiger partial charge in [0.25, 0.3) is 0 Å². The highest BCUT2D eigenvalue weighted by atomic mass is 79.9. The highest BCUT2D eigenvalue weighted by Gasteiger charge is 2.12. The summed E-state index contributed by atoms with van der Waals surface area (Å²) in [5.74, 6) is -0.272. The van der Waals surface area contributed by atoms with Crippen molar-refractivity contribution in [2.75, 3.05) is 0 Å². The smallest absolute Gasteiger partial charge is 0.123 e. The molecule has 17 heavy (non-hydrogen) atoms. The Balaban J connectivity index is 2.43. The lowest BCUT2D eigenvalue weighted by molar-refractivity contribution is 0.169. The number of aromatic nitrogens is 2. The maximum absolute atomic E-state index is 12.9. The van der Waals surface area contributed by atoms with E-state index in [2.05, 4.69) is 21.0 Å². The van der Waals surface area contributed by atoms with E-state index in [4.69, 9.17) is 0 Å². The highest BCUT2D eigenvalue weighted by Crippen LogP contribution is 2.28. The topological polar surface area (TPSA) is 38.0 Å². The summed E-state index contributed by atoms with van der Waals surface area (Å²) in [6, 6.07) is 6.19. The molecule has 2 rings (SSSR count). The van der Waals surface area contributed by atoms with Gasteiger partial charge in [0, 0.05) is 5.56 Å². The number of benzene rings is 1. The van der Waals surface area contributed by atoms with Crippen molar-refractivity contribution in [2.24, 2.45) is 0 Å². The third kappa shape index (κ3) is 2.73. The molecule has 1 heterocycles. The maximum atomic E-state index is 12.9. The van der Waals surface area contributed by atoms with Gasteiger partial charge in [-0.25, -0.2) is 4.39 Å². The minimum atomic E-state index is -0.485. The quantitative estimate of drug-likeness (QED) is 0.946. The van der Waals surface area contributed by atoms with Crippen LogP contribution in [0.1, 0.15) is 6.92 Å². The molecule has 1 aromatic heterocycles. The summed E-state index contributed by atoms with van der Waals surface area (Å²) in [6.07, 6.45) is 1.18. The second-order valence-electron chi connectivity index (χ2n) is 3.88. The zero-order chi connectivity index (χ0) is 12.4. The fourth-order valence-corrected chi connectivity index (χ4v) is 2.17. The SMILES string of the molecule is CC(O)Cn1ncc(Br)c1-c1ccc(F)cc1. The molecule has 5 heteroatoms. The molecule has 2 aromatic rings. The van der Waals surface area contributed by atoms with Crippen molar-refractivity contribution >= 4 is 15.9 Å². The van der Waals surface area contributed by atoms with E-state index in [1.165, 1.54) is 12.1 Å². The highest BCUT2D eigenvalue weighted by molar-refractivity contribution is 9.10. The van der Waals surface area contributed by atoms with Crippen LogP contribution in [0.15, 0.2) is 34.9 Å². The van der Waals surface area contributed by atoms with Gasteiger partial charge in [-0.15, -0.1) is 0 Å². The van der Waals surface area contributed by atoms with Crippen LogP contribution in [0.25, 0.3) is 11.3 Å². The van der Waals surface area contributed by atoms with Crippen LogP contribution in [-0.2, 0) is 6.54 Å². The van der Waals surface area contributed by atoms with Gasteiger partial charge in [-0.2, -0.15) is 5.10 Å². The van der Waals surface area contributed by atoms with Crippen LogP contribution in [0.4, 0.5) is 4.39 Å². The molecule has 90 valence electrons. The Kier molecular flexibility index (Phi) is 3.59. The molecular weight excluding hydrogens is 287 g/mol. The van der Waals surface area contributed by atoms with Crippen molar-refractivity contribution in [3.63, 3.8) is 0 Å². The van der Waals surface area contributed by atoms with Gasteiger partial charge in [0.15, 0.2) is 0 Å². The number of aliphatic hydroxyl groups excluding tert-OH is 1. The predicted molar refractivity (Wildman–Crippen MR) is 67.0 cm³/mol. The Labute approximate surface area is 107 Å². The van der Waals surface area contributed by atoms with E-state index in [9.17, 15) is 9.50 Å². The number of nitrogens with zero attached hydrogens (tertiary/aromatic N) is 2. The van der Waals surface area contributed by atoms with Crippen molar-refractivity contribution in [1.82, 2.24) is 9.78 Å². The Morgan fingerprint density at radius 3 is 2.65 bits per heavy atom. The van der Waals surface area contributed by atoms with E-state index in [1.54, 1.807) is 29.9 Å². The molecule has 0 amide bonds. The molecule has 1 atom stereocenters. The molecule has 0 aliphatic heterocycles. The molecular formula is C12H12BrFN2O. The largest absolute Gasteiger partial charge is 0.391 e. The minimum Gasteiger partial charge on any atom is -0.391 e. The van der Waals surface area contributed by atoms with Gasteiger partial charge in [-0.3, -0.25) is 4.68 Å². The average molecular weight is 299 g/mol. The third-order valence-electron chi connectivity index (χ3n) is 2.35. The van der Waals surface area contributed by atoms with Crippen LogP contribution in [-0.4, -0.2) is 21.0 Å². The minimum absolute atomic E-state index is 0.272. The zero-order valence-electron chi connectivity index (χ0n) is 9.27. The lowest BCUT2D eigenvalue weighted by Crippen LogP contribution is -2.13. The summed E-state index contributed by atoms with van der Waals surface area (Å²) in [5, 5.41) is 13.6. The maximum Gasteiger partial charge on any atom is 0.123 e. The van der Waals surface area contributed by atoms with Gasteiger partial charge in [0.05, 0.1) is 29.0 Å². The molecule has 0 spiro atoms. The number of rotatable bonds is 3. The molecule has 0 aliphatic rings. The third-order valence-corrected chi connectivity index (χ3v) is 2.93. The molecule has 0 radical (unpaired) electrons. The first-order chi connectivity index (χ1) is 8.08. The Morgan fingerprint density at radius 1 is 1.41 bits per heavy atom. The monoisotopic (exact) mass is 298 g/mol. The van der Waals surface area contributed by atoms with E-state index < -0.39 is 6.10 Å². The van der Waals surface area contributed by atoms with Crippen LogP contribution in [0, 0.1) is 5.82 Å². The normalized spacial score (nSPS) is 12.7. The summed E-state index contributed by atoms with van der Waals surface area (Å²) in [5.41, 5.74) is 1.70. The van der Waals surface area contributed by atoms with Crippen LogP contribution >= 0.6 is 15.9 Å². The van der Waals surface area contributed by atoms with Crippen molar-refractivity contribution in [1.29, 1.82) is 0 Å². The molecule has 1 aromatic carbocycles. The predicted octanol–water partition coefficient (Wildman–Crippen LogP) is 2.83. The molecule has 3 nitrogen and oxygen atoms in total. The molecule has 1 unspecified atom stereocenters. The lowest BCUT2D eigenvalue weighted by atomic mass is 10.1. The van der Waals surface area contributed by atoms with Crippen LogP contribution in [0.5, 0.6) is 0 Å². The van der Waals surface area contributed by atoms with Gasteiger partial charge in [-0.1, -0.05) is 0 Å². The van der Waals surface area contributed by atoms with Crippen molar-refractivity contribution < 1.29 is 9.50 Å². The number of aliphatic hydroxyl groups is 1. The number of hydrogen-bond donors (Lipinski definition) is 1. The van der Waals surface area contributed by atoms with Crippen LogP contribution < -0.4 is 0 Å². The first kappa shape index (κ1) is 12.3. The fraction of sp³-hybridized carbons (Fsp3) is 0.250. The molecule has 1 N–H and O–H groups in total. The number of hydrogen-bond acceptors (Lipinski definition) is 2. The van der Waals surface area contributed by atoms with Gasteiger partial charge in [-0.05, 0) is 47.1 Å². The zero-order valence-corrected chi connectivity index (χ0v) is 10.9. The second-order valence-corrected chi connectivity index (χ2v) is 4.73. The van der Waals surface area contributed by atoms with Crippen LogP contribution in [0.2, 0.25) is 0 Å². The summed E-state index contributed by atoms with van der Waals surface area (Å²) >= 11 is 3.40. The summed E-state index contributed by atoms with van der Waals surface area (Å²) in [7, 11) is 0. The van der Waals surface area contributed by atoms with Gasteiger partial charge in [0.1, 0.15) is 5.82 Å². The second kappa shape index (κ2) is 4.98. The summed E-state index contributed by atoms with van der Waals surface area (Å²) in [4.78, 5) is 0. The number of halogens is 2. The van der Waals surface area contributed by atoms with Gasteiger partial charge in [0.2, 0.25) is 0 Å². The lowest BCUT2D eigenvalue weighted by Gasteiger charge is -2.10. The fourth-order valence-electron chi connectivity index (χ4n) is 1.65.